The maximum Gasteiger partial charge on any atom is 0.233 e. The average molecular weight is 228 g/mol. The first-order chi connectivity index (χ1) is 7.24. The number of hydrogen-bond donors (Lipinski definition) is 2. The summed E-state index contributed by atoms with van der Waals surface area (Å²) >= 11 is 1.92. The Kier molecular flexibility index (Phi) is 3.57. The Labute approximate surface area is 95.8 Å². The summed E-state index contributed by atoms with van der Waals surface area (Å²) in [6.45, 7) is 2.34. The maximum atomic E-state index is 11.4. The number of carbonyl (C=O) groups is 1. The lowest BCUT2D eigenvalue weighted by Crippen LogP contribution is -2.37. The van der Waals surface area contributed by atoms with E-state index in [2.05, 4.69) is 16.9 Å². The van der Waals surface area contributed by atoms with Crippen molar-refractivity contribution in [3.63, 3.8) is 0 Å². The standard InChI is InChI=1S/C11H20N2OS/c1-15-11(4-5-11)8-12-7-10(14)13-6-9-2-3-9/h9,12H,2-8H2,1H3,(H,13,14). The number of carbonyl (C=O) groups excluding carboxylic acids is 1. The number of amides is 1. The molecular weight excluding hydrogens is 208 g/mol. The van der Waals surface area contributed by atoms with Crippen molar-refractivity contribution in [2.45, 2.75) is 30.4 Å². The zero-order valence-electron chi connectivity index (χ0n) is 9.34. The van der Waals surface area contributed by atoms with E-state index in [1.807, 2.05) is 11.8 Å². The maximum absolute atomic E-state index is 11.4. The summed E-state index contributed by atoms with van der Waals surface area (Å²) < 4.78 is 0.455. The molecule has 4 heteroatoms. The molecule has 0 aliphatic heterocycles. The monoisotopic (exact) mass is 228 g/mol. The van der Waals surface area contributed by atoms with Gasteiger partial charge in [-0.15, -0.1) is 0 Å². The highest BCUT2D eigenvalue weighted by molar-refractivity contribution is 8.00. The van der Waals surface area contributed by atoms with Crippen molar-refractivity contribution in [1.82, 2.24) is 10.6 Å². The molecule has 0 bridgehead atoms. The summed E-state index contributed by atoms with van der Waals surface area (Å²) in [6, 6.07) is 0. The number of nitrogens with one attached hydrogen (secondary N) is 2. The van der Waals surface area contributed by atoms with Gasteiger partial charge in [-0.3, -0.25) is 4.79 Å². The zero-order chi connectivity index (χ0) is 10.7. The van der Waals surface area contributed by atoms with Gasteiger partial charge in [-0.2, -0.15) is 11.8 Å². The molecule has 86 valence electrons. The van der Waals surface area contributed by atoms with Crippen molar-refractivity contribution < 1.29 is 4.79 Å². The summed E-state index contributed by atoms with van der Waals surface area (Å²) in [5.74, 6) is 0.925. The van der Waals surface area contributed by atoms with E-state index in [-0.39, 0.29) is 5.91 Å². The van der Waals surface area contributed by atoms with Crippen molar-refractivity contribution in [1.29, 1.82) is 0 Å². The third-order valence-electron chi connectivity index (χ3n) is 3.26. The Balaban J connectivity index is 1.50. The van der Waals surface area contributed by atoms with Crippen LogP contribution in [0.25, 0.3) is 0 Å². The Morgan fingerprint density at radius 1 is 1.47 bits per heavy atom. The normalized spacial score (nSPS) is 22.5. The first-order valence-electron chi connectivity index (χ1n) is 5.77. The van der Waals surface area contributed by atoms with Crippen molar-refractivity contribution in [2.24, 2.45) is 5.92 Å². The number of hydrogen-bond acceptors (Lipinski definition) is 3. The fourth-order valence-electron chi connectivity index (χ4n) is 1.64. The molecule has 2 aliphatic rings. The van der Waals surface area contributed by atoms with Crippen LogP contribution in [0.2, 0.25) is 0 Å². The first-order valence-corrected chi connectivity index (χ1v) is 6.99. The van der Waals surface area contributed by atoms with Crippen LogP contribution in [0.5, 0.6) is 0 Å². The Hall–Kier alpha value is -0.220. The molecule has 1 amide bonds. The van der Waals surface area contributed by atoms with Crippen LogP contribution in [0.3, 0.4) is 0 Å². The van der Waals surface area contributed by atoms with E-state index in [9.17, 15) is 4.79 Å². The van der Waals surface area contributed by atoms with E-state index < -0.39 is 0 Å². The molecule has 0 radical (unpaired) electrons. The highest BCUT2D eigenvalue weighted by Gasteiger charge is 2.41. The van der Waals surface area contributed by atoms with Gasteiger partial charge >= 0.3 is 0 Å². The second-order valence-corrected chi connectivity index (χ2v) is 6.01. The number of thioether (sulfide) groups is 1. The van der Waals surface area contributed by atoms with Gasteiger partial charge in [-0.05, 0) is 37.9 Å². The molecule has 0 saturated heterocycles. The minimum atomic E-state index is 0.152. The van der Waals surface area contributed by atoms with Gasteiger partial charge in [0.05, 0.1) is 6.54 Å². The van der Waals surface area contributed by atoms with Crippen LogP contribution in [0.4, 0.5) is 0 Å². The SMILES string of the molecule is CSC1(CNCC(=O)NCC2CC2)CC1. The minimum absolute atomic E-state index is 0.152. The molecule has 15 heavy (non-hydrogen) atoms. The van der Waals surface area contributed by atoms with Crippen molar-refractivity contribution in [2.75, 3.05) is 25.9 Å². The lowest BCUT2D eigenvalue weighted by molar-refractivity contribution is -0.120. The fraction of sp³-hybridized carbons (Fsp3) is 0.909. The molecule has 2 N–H and O–H groups in total. The predicted octanol–water partition coefficient (Wildman–Crippen LogP) is 0.998. The largest absolute Gasteiger partial charge is 0.355 e. The topological polar surface area (TPSA) is 41.1 Å². The minimum Gasteiger partial charge on any atom is -0.355 e. The van der Waals surface area contributed by atoms with Crippen LogP contribution >= 0.6 is 11.8 Å². The second kappa shape index (κ2) is 4.74. The van der Waals surface area contributed by atoms with Crippen LogP contribution in [-0.4, -0.2) is 36.5 Å². The molecule has 0 aromatic carbocycles. The highest BCUT2D eigenvalue weighted by Crippen LogP contribution is 2.46. The van der Waals surface area contributed by atoms with Gasteiger partial charge < -0.3 is 10.6 Å². The van der Waals surface area contributed by atoms with Crippen molar-refractivity contribution in [3.05, 3.63) is 0 Å². The molecule has 0 heterocycles. The van der Waals surface area contributed by atoms with Crippen LogP contribution in [0.1, 0.15) is 25.7 Å². The van der Waals surface area contributed by atoms with Crippen molar-refractivity contribution >= 4 is 17.7 Å². The Morgan fingerprint density at radius 2 is 2.20 bits per heavy atom. The third kappa shape index (κ3) is 3.68. The van der Waals surface area contributed by atoms with Crippen LogP contribution in [0, 0.1) is 5.92 Å². The van der Waals surface area contributed by atoms with Gasteiger partial charge in [0.15, 0.2) is 0 Å². The molecule has 2 saturated carbocycles. The summed E-state index contributed by atoms with van der Waals surface area (Å²) in [7, 11) is 0. The van der Waals surface area contributed by atoms with E-state index in [0.29, 0.717) is 11.3 Å². The Morgan fingerprint density at radius 3 is 2.73 bits per heavy atom. The molecule has 2 aliphatic carbocycles. The van der Waals surface area contributed by atoms with Gasteiger partial charge in [-0.25, -0.2) is 0 Å². The molecule has 0 unspecified atom stereocenters. The van der Waals surface area contributed by atoms with E-state index in [1.165, 1.54) is 25.7 Å². The molecule has 0 spiro atoms. The molecular formula is C11H20N2OS. The van der Waals surface area contributed by atoms with Crippen molar-refractivity contribution in [3.8, 4) is 0 Å². The molecule has 2 fully saturated rings. The third-order valence-corrected chi connectivity index (χ3v) is 4.68. The van der Waals surface area contributed by atoms with Gasteiger partial charge in [0.2, 0.25) is 5.91 Å². The van der Waals surface area contributed by atoms with E-state index >= 15 is 0 Å². The zero-order valence-corrected chi connectivity index (χ0v) is 10.2. The smallest absolute Gasteiger partial charge is 0.233 e. The Bertz CT molecular complexity index is 237. The predicted molar refractivity (Wildman–Crippen MR) is 64.1 cm³/mol. The summed E-state index contributed by atoms with van der Waals surface area (Å²) in [6.07, 6.45) is 7.34. The quantitative estimate of drug-likeness (QED) is 0.683. The molecule has 3 nitrogen and oxygen atoms in total. The van der Waals surface area contributed by atoms with E-state index in [4.69, 9.17) is 0 Å². The summed E-state index contributed by atoms with van der Waals surface area (Å²) in [4.78, 5) is 11.4. The number of rotatable bonds is 7. The lowest BCUT2D eigenvalue weighted by Gasteiger charge is -2.12. The van der Waals surface area contributed by atoms with E-state index in [1.54, 1.807) is 0 Å². The van der Waals surface area contributed by atoms with Gasteiger partial charge in [0, 0.05) is 17.8 Å². The van der Waals surface area contributed by atoms with Gasteiger partial charge in [0.1, 0.15) is 0 Å². The fourth-order valence-corrected chi connectivity index (χ4v) is 2.40. The van der Waals surface area contributed by atoms with E-state index in [0.717, 1.165) is 19.0 Å². The van der Waals surface area contributed by atoms with Crippen LogP contribution < -0.4 is 10.6 Å². The first kappa shape index (κ1) is 11.3. The van der Waals surface area contributed by atoms with Gasteiger partial charge in [-0.1, -0.05) is 0 Å². The van der Waals surface area contributed by atoms with Crippen LogP contribution in [-0.2, 0) is 4.79 Å². The molecule has 0 atom stereocenters. The lowest BCUT2D eigenvalue weighted by atomic mass is 10.4. The van der Waals surface area contributed by atoms with Gasteiger partial charge in [0.25, 0.3) is 0 Å². The summed E-state index contributed by atoms with van der Waals surface area (Å²) in [5, 5.41) is 6.21. The van der Waals surface area contributed by atoms with Crippen LogP contribution in [0.15, 0.2) is 0 Å². The highest BCUT2D eigenvalue weighted by atomic mass is 32.2. The molecule has 0 aromatic rings. The summed E-state index contributed by atoms with van der Waals surface area (Å²) in [5.41, 5.74) is 0. The molecule has 2 rings (SSSR count). The average Bonchev–Trinajstić information content (AvgIpc) is 3.11. The molecule has 0 aromatic heterocycles. The second-order valence-electron chi connectivity index (χ2n) is 4.74.